The van der Waals surface area contributed by atoms with Gasteiger partial charge in [-0.15, -0.1) is 0 Å². The molecule has 0 aromatic heterocycles. The first kappa shape index (κ1) is 22.1. The highest BCUT2D eigenvalue weighted by Gasteiger charge is 2.28. The lowest BCUT2D eigenvalue weighted by atomic mass is 10.2. The fraction of sp³-hybridized carbons (Fsp3) is 0.400. The molecule has 0 heterocycles. The number of halogens is 4. The number of benzene rings is 1. The highest BCUT2D eigenvalue weighted by atomic mass is 35.5. The van der Waals surface area contributed by atoms with E-state index in [0.717, 1.165) is 17.8 Å². The molecule has 0 unspecified atom stereocenters. The Balaban J connectivity index is 2.51. The molecule has 26 heavy (non-hydrogen) atoms. The molecule has 0 saturated heterocycles. The molecule has 6 nitrogen and oxygen atoms in total. The van der Waals surface area contributed by atoms with Crippen molar-refractivity contribution < 1.29 is 32.2 Å². The normalized spacial score (nSPS) is 11.0. The van der Waals surface area contributed by atoms with Gasteiger partial charge in [0.05, 0.1) is 17.7 Å². The molecule has 0 spiro atoms. The van der Waals surface area contributed by atoms with Crippen LogP contribution in [0.2, 0.25) is 5.02 Å². The summed E-state index contributed by atoms with van der Waals surface area (Å²) >= 11 is 6.92. The summed E-state index contributed by atoms with van der Waals surface area (Å²) in [5.41, 5.74) is 0.103. The van der Waals surface area contributed by atoms with Gasteiger partial charge in [-0.05, 0) is 24.6 Å². The van der Waals surface area contributed by atoms with E-state index >= 15 is 0 Å². The first-order valence-electron chi connectivity index (χ1n) is 7.16. The third kappa shape index (κ3) is 8.43. The van der Waals surface area contributed by atoms with Crippen molar-refractivity contribution in [3.63, 3.8) is 0 Å². The molecule has 1 aromatic rings. The zero-order chi connectivity index (χ0) is 19.7. The molecule has 0 radical (unpaired) electrons. The molecule has 1 rings (SSSR count). The van der Waals surface area contributed by atoms with Gasteiger partial charge in [-0.25, -0.2) is 0 Å². The van der Waals surface area contributed by atoms with E-state index in [1.807, 2.05) is 0 Å². The highest BCUT2D eigenvalue weighted by molar-refractivity contribution is 8.13. The molecule has 2 N–H and O–H groups in total. The highest BCUT2D eigenvalue weighted by Crippen LogP contribution is 2.25. The summed E-state index contributed by atoms with van der Waals surface area (Å²) < 4.78 is 50.4. The maximum atomic E-state index is 12.1. The van der Waals surface area contributed by atoms with Crippen molar-refractivity contribution in [1.29, 1.82) is 10.8 Å². The molecule has 0 bridgehead atoms. The van der Waals surface area contributed by atoms with Gasteiger partial charge in [-0.3, -0.25) is 15.6 Å². The van der Waals surface area contributed by atoms with Gasteiger partial charge in [0.2, 0.25) is 11.1 Å². The van der Waals surface area contributed by atoms with E-state index in [-0.39, 0.29) is 34.0 Å². The van der Waals surface area contributed by atoms with Crippen molar-refractivity contribution in [3.05, 3.63) is 28.8 Å². The molecule has 0 fully saturated rings. The molecule has 0 saturated carbocycles. The van der Waals surface area contributed by atoms with Crippen LogP contribution >= 0.6 is 23.4 Å². The fourth-order valence-corrected chi connectivity index (χ4v) is 2.47. The van der Waals surface area contributed by atoms with Crippen LogP contribution in [0.3, 0.4) is 0 Å². The number of alkyl halides is 3. The van der Waals surface area contributed by atoms with Gasteiger partial charge < -0.3 is 14.2 Å². The second-order valence-corrected chi connectivity index (χ2v) is 6.27. The largest absolute Gasteiger partial charge is 0.484 e. The quantitative estimate of drug-likeness (QED) is 0.302. The fourth-order valence-electron chi connectivity index (χ4n) is 1.60. The molecule has 144 valence electrons. The number of carbonyl (C=O) groups excluding carboxylic acids is 1. The Kier molecular flexibility index (Phi) is 8.73. The minimum atomic E-state index is -4.47. The third-order valence-corrected chi connectivity index (χ3v) is 3.92. The molecule has 11 heteroatoms. The van der Waals surface area contributed by atoms with E-state index in [0.29, 0.717) is 12.2 Å². The zero-order valence-corrected chi connectivity index (χ0v) is 15.2. The summed E-state index contributed by atoms with van der Waals surface area (Å²) in [6.45, 7) is -1.45. The van der Waals surface area contributed by atoms with E-state index < -0.39 is 18.7 Å². The molecule has 0 amide bonds. The molecule has 1 aromatic carbocycles. The van der Waals surface area contributed by atoms with Crippen LogP contribution in [0.4, 0.5) is 13.2 Å². The number of ether oxygens (including phenoxy) is 3. The van der Waals surface area contributed by atoms with E-state index in [4.69, 9.17) is 27.2 Å². The van der Waals surface area contributed by atoms with Crippen LogP contribution in [0.1, 0.15) is 18.4 Å². The summed E-state index contributed by atoms with van der Waals surface area (Å²) in [6, 6.07) is 3.62. The van der Waals surface area contributed by atoms with Crippen molar-refractivity contribution in [2.24, 2.45) is 0 Å². The predicted octanol–water partition coefficient (Wildman–Crippen LogP) is 4.24. The summed E-state index contributed by atoms with van der Waals surface area (Å²) in [4.78, 5) is 10.9. The minimum Gasteiger partial charge on any atom is -0.484 e. The predicted molar refractivity (Wildman–Crippen MR) is 92.4 cm³/mol. The van der Waals surface area contributed by atoms with E-state index in [1.54, 1.807) is 0 Å². The molecule has 0 aliphatic carbocycles. The summed E-state index contributed by atoms with van der Waals surface area (Å²) in [5, 5.41) is 15.1. The standard InChI is InChI=1S/C15H16ClF3N2O4S/c1-23-12(22)3-2-6-26-14(21)25-13(20)10-5-4-9(7-11(10)16)24-8-15(17,18)19/h4-5,7,20-21H,2-3,6,8H2,1H3. The van der Waals surface area contributed by atoms with Crippen LogP contribution in [0, 0.1) is 10.8 Å². The third-order valence-electron chi connectivity index (χ3n) is 2.77. The van der Waals surface area contributed by atoms with Crippen LogP contribution in [0.25, 0.3) is 0 Å². The number of hydrogen-bond acceptors (Lipinski definition) is 7. The Morgan fingerprint density at radius 1 is 1.31 bits per heavy atom. The monoisotopic (exact) mass is 412 g/mol. The summed E-state index contributed by atoms with van der Waals surface area (Å²) in [6.07, 6.45) is -3.79. The first-order chi connectivity index (χ1) is 12.1. The number of carbonyl (C=O) groups is 1. The molecule has 0 aliphatic heterocycles. The van der Waals surface area contributed by atoms with Gasteiger partial charge in [0, 0.05) is 12.2 Å². The van der Waals surface area contributed by atoms with Gasteiger partial charge >= 0.3 is 12.1 Å². The second kappa shape index (κ2) is 10.3. The number of esters is 1. The van der Waals surface area contributed by atoms with Crippen LogP contribution in [0.5, 0.6) is 5.75 Å². The van der Waals surface area contributed by atoms with E-state index in [1.165, 1.54) is 19.2 Å². The van der Waals surface area contributed by atoms with Crippen molar-refractivity contribution in [2.75, 3.05) is 19.5 Å². The van der Waals surface area contributed by atoms with Gasteiger partial charge in [0.25, 0.3) is 0 Å². The lowest BCUT2D eigenvalue weighted by Crippen LogP contribution is -2.19. The second-order valence-electron chi connectivity index (χ2n) is 4.79. The van der Waals surface area contributed by atoms with Crippen molar-refractivity contribution in [1.82, 2.24) is 0 Å². The Morgan fingerprint density at radius 2 is 2.00 bits per heavy atom. The van der Waals surface area contributed by atoms with Crippen molar-refractivity contribution >= 4 is 40.5 Å². The van der Waals surface area contributed by atoms with Gasteiger partial charge in [0.1, 0.15) is 5.75 Å². The Morgan fingerprint density at radius 3 is 2.58 bits per heavy atom. The van der Waals surface area contributed by atoms with E-state index in [2.05, 4.69) is 9.47 Å². The first-order valence-corrected chi connectivity index (χ1v) is 8.52. The van der Waals surface area contributed by atoms with Crippen LogP contribution < -0.4 is 4.74 Å². The number of hydrogen-bond donors (Lipinski definition) is 2. The average molecular weight is 413 g/mol. The number of methoxy groups -OCH3 is 1. The SMILES string of the molecule is COC(=O)CCCSC(=N)OC(=N)c1ccc(OCC(F)(F)F)cc1Cl. The summed E-state index contributed by atoms with van der Waals surface area (Å²) in [7, 11) is 1.28. The van der Waals surface area contributed by atoms with Gasteiger partial charge in [-0.2, -0.15) is 13.2 Å². The molecule has 0 aliphatic rings. The van der Waals surface area contributed by atoms with E-state index in [9.17, 15) is 18.0 Å². The zero-order valence-electron chi connectivity index (χ0n) is 13.6. The lowest BCUT2D eigenvalue weighted by molar-refractivity contribution is -0.153. The molecule has 0 atom stereocenters. The topological polar surface area (TPSA) is 92.5 Å². The Bertz CT molecular complexity index is 671. The van der Waals surface area contributed by atoms with Crippen LogP contribution in [-0.2, 0) is 14.3 Å². The molecular formula is C15H16ClF3N2O4S. The average Bonchev–Trinajstić information content (AvgIpc) is 2.55. The number of rotatable bonds is 7. The van der Waals surface area contributed by atoms with Gasteiger partial charge in [0.15, 0.2) is 6.61 Å². The Hall–Kier alpha value is -1.94. The summed E-state index contributed by atoms with van der Waals surface area (Å²) in [5.74, 6) is -0.469. The van der Waals surface area contributed by atoms with Crippen molar-refractivity contribution in [3.8, 4) is 5.75 Å². The lowest BCUT2D eigenvalue weighted by Gasteiger charge is -2.12. The molecular weight excluding hydrogens is 397 g/mol. The number of nitrogens with one attached hydrogen (secondary N) is 2. The van der Waals surface area contributed by atoms with Gasteiger partial charge in [-0.1, -0.05) is 23.4 Å². The maximum absolute atomic E-state index is 12.1. The smallest absolute Gasteiger partial charge is 0.422 e. The number of thioether (sulfide) groups is 1. The maximum Gasteiger partial charge on any atom is 0.422 e. The van der Waals surface area contributed by atoms with Crippen molar-refractivity contribution in [2.45, 2.75) is 19.0 Å². The van der Waals surface area contributed by atoms with Crippen LogP contribution in [0.15, 0.2) is 18.2 Å². The van der Waals surface area contributed by atoms with Crippen LogP contribution in [-0.4, -0.2) is 42.7 Å². The Labute approximate surface area is 157 Å². The minimum absolute atomic E-state index is 0.0434.